The Kier molecular flexibility index (Phi) is 4.03. The van der Waals surface area contributed by atoms with Crippen LogP contribution in [0.25, 0.3) is 11.3 Å². The fourth-order valence-corrected chi connectivity index (χ4v) is 1.61. The van der Waals surface area contributed by atoms with E-state index in [4.69, 9.17) is 0 Å². The Morgan fingerprint density at radius 1 is 1.29 bits per heavy atom. The van der Waals surface area contributed by atoms with E-state index < -0.39 is 0 Å². The number of aromatic nitrogens is 1. The van der Waals surface area contributed by atoms with Crippen molar-refractivity contribution in [3.05, 3.63) is 40.8 Å². The van der Waals surface area contributed by atoms with Crippen LogP contribution in [0.4, 0.5) is 0 Å². The summed E-state index contributed by atoms with van der Waals surface area (Å²) in [6.07, 6.45) is 0. The second-order valence-corrected chi connectivity index (χ2v) is 3.97. The topological polar surface area (TPSA) is 12.9 Å². The van der Waals surface area contributed by atoms with Crippen LogP contribution in [-0.4, -0.2) is 4.37 Å². The van der Waals surface area contributed by atoms with Gasteiger partial charge in [0, 0.05) is 0 Å². The maximum atomic E-state index is 4.27. The van der Waals surface area contributed by atoms with Crippen molar-refractivity contribution in [2.75, 3.05) is 0 Å². The fraction of sp³-hybridized carbons (Fsp3) is 0.182. The molecule has 0 atom stereocenters. The largest absolute Gasteiger partial charge is 2.00 e. The number of hydrogen-bond donors (Lipinski definition) is 0. The molecule has 1 aromatic carbocycles. The average molecular weight is 371 g/mol. The first-order valence-corrected chi connectivity index (χ1v) is 4.87. The van der Waals surface area contributed by atoms with Gasteiger partial charge in [-0.15, -0.1) is 5.56 Å². The maximum absolute atomic E-state index is 4.27. The van der Waals surface area contributed by atoms with Gasteiger partial charge < -0.3 is 0 Å². The van der Waals surface area contributed by atoms with Crippen LogP contribution in [0.2, 0.25) is 0 Å². The average Bonchev–Trinajstić information content (AvgIpc) is 2.53. The van der Waals surface area contributed by atoms with Gasteiger partial charge in [0.15, 0.2) is 0 Å². The zero-order valence-corrected chi connectivity index (χ0v) is 11.7. The molecular weight excluding hydrogens is 362 g/mol. The number of hydrogen-bond acceptors (Lipinski definition) is 2. The van der Waals surface area contributed by atoms with Crippen LogP contribution in [0.15, 0.2) is 18.2 Å². The van der Waals surface area contributed by atoms with E-state index in [0.29, 0.717) is 0 Å². The number of rotatable bonds is 1. The van der Waals surface area contributed by atoms with Gasteiger partial charge in [-0.3, -0.25) is 16.0 Å². The van der Waals surface area contributed by atoms with Crippen LogP contribution < -0.4 is 0 Å². The van der Waals surface area contributed by atoms with Gasteiger partial charge in [0.2, 0.25) is 0 Å². The quantitative estimate of drug-likeness (QED) is 0.703. The van der Waals surface area contributed by atoms with E-state index in [0.717, 1.165) is 16.1 Å². The van der Waals surface area contributed by atoms with E-state index in [1.54, 1.807) is 0 Å². The molecule has 2 aromatic rings. The Hall–Kier alpha value is -0.462. The Morgan fingerprint density at radius 3 is 2.57 bits per heavy atom. The van der Waals surface area contributed by atoms with Crippen LogP contribution in [0.1, 0.15) is 10.4 Å². The molecule has 0 saturated heterocycles. The first-order chi connectivity index (χ1) is 6.25. The summed E-state index contributed by atoms with van der Waals surface area (Å²) >= 11 is 1.48. The summed E-state index contributed by atoms with van der Waals surface area (Å²) in [5, 5.41) is 0. The second kappa shape index (κ2) is 4.86. The van der Waals surface area contributed by atoms with Gasteiger partial charge >= 0.3 is 21.1 Å². The zero-order chi connectivity index (χ0) is 9.26. The molecule has 0 amide bonds. The molecule has 0 aliphatic carbocycles. The molecule has 3 heteroatoms. The van der Waals surface area contributed by atoms with Crippen LogP contribution in [0.3, 0.4) is 0 Å². The summed E-state index contributed by atoms with van der Waals surface area (Å²) < 4.78 is 4.27. The minimum atomic E-state index is 0. The summed E-state index contributed by atoms with van der Waals surface area (Å²) in [5.74, 6) is 0. The molecule has 1 nitrogen and oxygen atoms in total. The molecule has 0 fully saturated rings. The maximum Gasteiger partial charge on any atom is 2.00 e. The van der Waals surface area contributed by atoms with Gasteiger partial charge in [-0.25, -0.2) is 12.1 Å². The molecule has 0 N–H and O–H groups in total. The Bertz CT molecular complexity index is 405. The van der Waals surface area contributed by atoms with E-state index in [-0.39, 0.29) is 21.1 Å². The first kappa shape index (κ1) is 11.6. The predicted molar refractivity (Wildman–Crippen MR) is 54.7 cm³/mol. The van der Waals surface area contributed by atoms with Crippen molar-refractivity contribution in [1.29, 1.82) is 0 Å². The second-order valence-electron chi connectivity index (χ2n) is 2.99. The number of benzene rings is 1. The Morgan fingerprint density at radius 2 is 2.07 bits per heavy atom. The number of aryl methyl sites for hydroxylation is 2. The molecule has 0 radical (unpaired) electrons. The van der Waals surface area contributed by atoms with Crippen LogP contribution >= 0.6 is 11.5 Å². The van der Waals surface area contributed by atoms with Gasteiger partial charge in [0.05, 0.1) is 0 Å². The zero-order valence-electron chi connectivity index (χ0n) is 8.00. The van der Waals surface area contributed by atoms with Gasteiger partial charge in [0.1, 0.15) is 0 Å². The van der Waals surface area contributed by atoms with Crippen LogP contribution in [-0.2, 0) is 21.1 Å². The van der Waals surface area contributed by atoms with E-state index >= 15 is 0 Å². The molecule has 2 rings (SSSR count). The first-order valence-electron chi connectivity index (χ1n) is 4.10. The molecule has 14 heavy (non-hydrogen) atoms. The number of nitrogens with zero attached hydrogens (tertiary/aromatic N) is 1. The molecule has 0 aliphatic heterocycles. The third-order valence-corrected chi connectivity index (χ3v) is 2.44. The van der Waals surface area contributed by atoms with Crippen molar-refractivity contribution >= 4 is 11.5 Å². The monoisotopic (exact) mass is 371 g/mol. The third kappa shape index (κ3) is 2.52. The van der Waals surface area contributed by atoms with E-state index in [9.17, 15) is 0 Å². The summed E-state index contributed by atoms with van der Waals surface area (Å²) in [7, 11) is 0. The van der Waals surface area contributed by atoms with Gasteiger partial charge in [0.25, 0.3) is 0 Å². The SMILES string of the molecule is Cc1c[c-]c(-c2[c-]c(C)sn2)cc1.[W+2]. The normalized spacial score (nSPS) is 9.57. The van der Waals surface area contributed by atoms with Gasteiger partial charge in [-0.1, -0.05) is 23.3 Å². The van der Waals surface area contributed by atoms with Crippen molar-refractivity contribution in [2.24, 2.45) is 0 Å². The molecular formula is C11H9NSW. The van der Waals surface area contributed by atoms with Crippen molar-refractivity contribution in [3.63, 3.8) is 0 Å². The summed E-state index contributed by atoms with van der Waals surface area (Å²) in [6, 6.07) is 12.4. The minimum Gasteiger partial charge on any atom is -0.282 e. The van der Waals surface area contributed by atoms with E-state index in [1.165, 1.54) is 17.1 Å². The summed E-state index contributed by atoms with van der Waals surface area (Å²) in [6.45, 7) is 4.06. The molecule has 1 heterocycles. The predicted octanol–water partition coefficient (Wildman–Crippen LogP) is 3.02. The van der Waals surface area contributed by atoms with Crippen molar-refractivity contribution in [2.45, 2.75) is 13.8 Å². The molecule has 0 unspecified atom stereocenters. The fourth-order valence-electron chi connectivity index (χ4n) is 1.09. The smallest absolute Gasteiger partial charge is 0.282 e. The minimum absolute atomic E-state index is 0. The van der Waals surface area contributed by atoms with Crippen molar-refractivity contribution < 1.29 is 21.1 Å². The van der Waals surface area contributed by atoms with Gasteiger partial charge in [-0.2, -0.15) is 17.8 Å². The molecule has 1 aromatic heterocycles. The molecule has 70 valence electrons. The standard InChI is InChI=1S/C11H9NS.W/c1-8-3-5-10(6-4-8)11-7-9(2)13-12-11;/h3-5H,1-2H3;/q-2;+2. The molecule has 0 bridgehead atoms. The molecule has 0 saturated carbocycles. The van der Waals surface area contributed by atoms with Gasteiger partial charge in [-0.05, 0) is 6.92 Å². The summed E-state index contributed by atoms with van der Waals surface area (Å²) in [5.41, 5.74) is 3.15. The Labute approximate surface area is 103 Å². The van der Waals surface area contributed by atoms with Crippen molar-refractivity contribution in [3.8, 4) is 11.3 Å². The third-order valence-electron chi connectivity index (χ3n) is 1.79. The van der Waals surface area contributed by atoms with Crippen LogP contribution in [0, 0.1) is 26.0 Å². The van der Waals surface area contributed by atoms with Crippen molar-refractivity contribution in [1.82, 2.24) is 4.37 Å². The van der Waals surface area contributed by atoms with Crippen LogP contribution in [0.5, 0.6) is 0 Å². The van der Waals surface area contributed by atoms with E-state index in [2.05, 4.69) is 29.5 Å². The Balaban J connectivity index is 0.000000980. The summed E-state index contributed by atoms with van der Waals surface area (Å²) in [4.78, 5) is 1.11. The molecule has 0 spiro atoms. The van der Waals surface area contributed by atoms with E-state index in [1.807, 2.05) is 19.1 Å². The molecule has 0 aliphatic rings.